The van der Waals surface area contributed by atoms with Gasteiger partial charge in [0.2, 0.25) is 0 Å². The molecule has 2 aromatic rings. The number of aromatic nitrogens is 2. The molecule has 1 aliphatic carbocycles. The van der Waals surface area contributed by atoms with Gasteiger partial charge in [-0.2, -0.15) is 0 Å². The summed E-state index contributed by atoms with van der Waals surface area (Å²) in [6.07, 6.45) is 9.42. The van der Waals surface area contributed by atoms with Crippen molar-refractivity contribution in [1.29, 1.82) is 0 Å². The van der Waals surface area contributed by atoms with Crippen molar-refractivity contribution < 1.29 is 4.79 Å². The Hall–Kier alpha value is -1.99. The lowest BCUT2D eigenvalue weighted by Gasteiger charge is -2.35. The number of carbonyl (C=O) groups is 1. The van der Waals surface area contributed by atoms with Gasteiger partial charge < -0.3 is 9.88 Å². The summed E-state index contributed by atoms with van der Waals surface area (Å²) in [5, 5.41) is 1.91. The van der Waals surface area contributed by atoms with Crippen LogP contribution in [0.2, 0.25) is 0 Å². The third-order valence-corrected chi connectivity index (χ3v) is 7.62. The van der Waals surface area contributed by atoms with E-state index in [1.165, 1.54) is 49.9 Å². The van der Waals surface area contributed by atoms with Crippen molar-refractivity contribution in [3.8, 4) is 0 Å². The molecule has 7 heteroatoms. The first-order valence-corrected chi connectivity index (χ1v) is 11.8. The Morgan fingerprint density at radius 1 is 1.14 bits per heavy atom. The zero-order valence-corrected chi connectivity index (χ0v) is 17.5. The van der Waals surface area contributed by atoms with Crippen LogP contribution in [0.3, 0.4) is 0 Å². The second-order valence-corrected chi connectivity index (χ2v) is 9.47. The molecule has 1 atom stereocenters. The molecule has 1 amide bonds. The first-order valence-electron chi connectivity index (χ1n) is 10.9. The zero-order chi connectivity index (χ0) is 19.8. The lowest BCUT2D eigenvalue weighted by atomic mass is 9.93. The highest BCUT2D eigenvalue weighted by atomic mass is 32.1. The van der Waals surface area contributed by atoms with Gasteiger partial charge in [0, 0.05) is 19.0 Å². The van der Waals surface area contributed by atoms with E-state index in [9.17, 15) is 9.59 Å². The highest BCUT2D eigenvalue weighted by molar-refractivity contribution is 7.12. The van der Waals surface area contributed by atoms with Crippen molar-refractivity contribution in [1.82, 2.24) is 19.8 Å². The van der Waals surface area contributed by atoms with E-state index in [0.717, 1.165) is 29.4 Å². The van der Waals surface area contributed by atoms with E-state index >= 15 is 0 Å². The predicted octanol–water partition coefficient (Wildman–Crippen LogP) is 3.50. The summed E-state index contributed by atoms with van der Waals surface area (Å²) < 4.78 is 0. The number of rotatable bonds is 3. The molecule has 0 radical (unpaired) electrons. The van der Waals surface area contributed by atoms with E-state index in [1.54, 1.807) is 4.90 Å². The fraction of sp³-hybridized carbons (Fsp3) is 0.591. The largest absolute Gasteiger partial charge is 0.333 e. The number of carbonyl (C=O) groups excluding carboxylic acids is 1. The molecule has 4 heterocycles. The maximum absolute atomic E-state index is 12.9. The molecule has 1 N–H and O–H groups in total. The summed E-state index contributed by atoms with van der Waals surface area (Å²) in [5.74, 6) is 0.850. The molecular formula is C22H28N4O2S. The zero-order valence-electron chi connectivity index (χ0n) is 16.7. The molecule has 2 fully saturated rings. The number of amides is 1. The van der Waals surface area contributed by atoms with Crippen molar-refractivity contribution in [2.24, 2.45) is 0 Å². The lowest BCUT2D eigenvalue weighted by Crippen LogP contribution is -2.41. The van der Waals surface area contributed by atoms with Crippen molar-refractivity contribution in [2.45, 2.75) is 70.0 Å². The minimum atomic E-state index is -0.0656. The summed E-state index contributed by atoms with van der Waals surface area (Å²) in [6, 6.07) is 4.60. The first kappa shape index (κ1) is 19.0. The van der Waals surface area contributed by atoms with E-state index < -0.39 is 0 Å². The van der Waals surface area contributed by atoms with Crippen LogP contribution in [-0.4, -0.2) is 44.8 Å². The summed E-state index contributed by atoms with van der Waals surface area (Å²) in [7, 11) is 0. The van der Waals surface area contributed by atoms with Crippen molar-refractivity contribution in [3.63, 3.8) is 0 Å². The van der Waals surface area contributed by atoms with Crippen LogP contribution in [0, 0.1) is 0 Å². The van der Waals surface area contributed by atoms with Crippen LogP contribution in [-0.2, 0) is 13.0 Å². The standard InChI is InChI=1S/C22H28N4O2S/c27-21-16-14-25(22(28)19-9-5-13-29-19)12-10-17(16)23-20(24-21)18-8-4-11-26(18)15-6-2-1-3-7-15/h5,9,13,15,18H,1-4,6-8,10-12,14H2,(H,23,24,27)/t18-/m1/s1. The molecule has 1 saturated heterocycles. The normalized spacial score (nSPS) is 23.3. The predicted molar refractivity (Wildman–Crippen MR) is 113 cm³/mol. The maximum atomic E-state index is 12.9. The van der Waals surface area contributed by atoms with Crippen molar-refractivity contribution in [3.05, 3.63) is 49.8 Å². The molecule has 2 aliphatic heterocycles. The smallest absolute Gasteiger partial charge is 0.264 e. The van der Waals surface area contributed by atoms with Crippen LogP contribution in [0.4, 0.5) is 0 Å². The van der Waals surface area contributed by atoms with Gasteiger partial charge in [-0.3, -0.25) is 14.5 Å². The molecule has 0 bridgehead atoms. The molecule has 3 aliphatic rings. The Bertz CT molecular complexity index is 933. The molecule has 1 saturated carbocycles. The number of fused-ring (bicyclic) bond motifs is 1. The average molecular weight is 413 g/mol. The number of hydrogen-bond donors (Lipinski definition) is 1. The van der Waals surface area contributed by atoms with E-state index in [4.69, 9.17) is 4.98 Å². The topological polar surface area (TPSA) is 69.3 Å². The highest BCUT2D eigenvalue weighted by Gasteiger charge is 2.35. The monoisotopic (exact) mass is 412 g/mol. The molecule has 6 nitrogen and oxygen atoms in total. The average Bonchev–Trinajstić information content (AvgIpc) is 3.46. The fourth-order valence-corrected chi connectivity index (χ4v) is 5.95. The Morgan fingerprint density at radius 2 is 2.00 bits per heavy atom. The van der Waals surface area contributed by atoms with E-state index in [0.29, 0.717) is 31.1 Å². The van der Waals surface area contributed by atoms with Crippen molar-refractivity contribution >= 4 is 17.2 Å². The SMILES string of the molecule is O=C(c1cccs1)N1CCc2nc([C@H]3CCCN3C3CCCCC3)[nH]c(=O)c2C1. The van der Waals surface area contributed by atoms with Crippen LogP contribution < -0.4 is 5.56 Å². The van der Waals surface area contributed by atoms with Crippen LogP contribution in [0.15, 0.2) is 22.3 Å². The minimum absolute atomic E-state index is 0.00777. The third-order valence-electron chi connectivity index (χ3n) is 6.76. The van der Waals surface area contributed by atoms with Crippen LogP contribution in [0.25, 0.3) is 0 Å². The summed E-state index contributed by atoms with van der Waals surface area (Å²) in [4.78, 5) is 38.7. The first-order chi connectivity index (χ1) is 14.2. The summed E-state index contributed by atoms with van der Waals surface area (Å²) in [5.41, 5.74) is 1.48. The Morgan fingerprint density at radius 3 is 2.79 bits per heavy atom. The molecule has 0 unspecified atom stereocenters. The molecule has 0 spiro atoms. The number of nitrogens with zero attached hydrogens (tertiary/aromatic N) is 3. The van der Waals surface area contributed by atoms with Crippen LogP contribution in [0.5, 0.6) is 0 Å². The molecular weight excluding hydrogens is 384 g/mol. The number of nitrogens with one attached hydrogen (secondary N) is 1. The summed E-state index contributed by atoms with van der Waals surface area (Å²) in [6.45, 7) is 2.08. The lowest BCUT2D eigenvalue weighted by molar-refractivity contribution is 0.0737. The van der Waals surface area contributed by atoms with E-state index in [2.05, 4.69) is 9.88 Å². The second-order valence-electron chi connectivity index (χ2n) is 8.52. The fourth-order valence-electron chi connectivity index (χ4n) is 5.26. The Kier molecular flexibility index (Phi) is 5.26. The molecule has 5 rings (SSSR count). The van der Waals surface area contributed by atoms with Gasteiger partial charge in [0.05, 0.1) is 28.7 Å². The van der Waals surface area contributed by atoms with E-state index in [-0.39, 0.29) is 17.5 Å². The number of thiophene rings is 1. The molecule has 154 valence electrons. The van der Waals surface area contributed by atoms with Gasteiger partial charge in [0.1, 0.15) is 5.82 Å². The quantitative estimate of drug-likeness (QED) is 0.838. The van der Waals surface area contributed by atoms with Gasteiger partial charge in [-0.05, 0) is 43.7 Å². The summed E-state index contributed by atoms with van der Waals surface area (Å²) >= 11 is 1.44. The van der Waals surface area contributed by atoms with Gasteiger partial charge in [0.25, 0.3) is 11.5 Å². The minimum Gasteiger partial charge on any atom is -0.333 e. The number of likely N-dealkylation sites (tertiary alicyclic amines) is 1. The molecule has 29 heavy (non-hydrogen) atoms. The van der Waals surface area contributed by atoms with Gasteiger partial charge >= 0.3 is 0 Å². The third kappa shape index (κ3) is 3.66. The van der Waals surface area contributed by atoms with Gasteiger partial charge in [-0.15, -0.1) is 11.3 Å². The van der Waals surface area contributed by atoms with Gasteiger partial charge in [-0.25, -0.2) is 4.98 Å². The highest BCUT2D eigenvalue weighted by Crippen LogP contribution is 2.36. The number of aromatic amines is 1. The van der Waals surface area contributed by atoms with E-state index in [1.807, 2.05) is 17.5 Å². The van der Waals surface area contributed by atoms with Gasteiger partial charge in [0.15, 0.2) is 0 Å². The van der Waals surface area contributed by atoms with Crippen LogP contribution in [0.1, 0.15) is 77.7 Å². The van der Waals surface area contributed by atoms with Gasteiger partial charge in [-0.1, -0.05) is 25.3 Å². The maximum Gasteiger partial charge on any atom is 0.264 e. The Labute approximate surface area is 175 Å². The number of hydrogen-bond acceptors (Lipinski definition) is 5. The van der Waals surface area contributed by atoms with Crippen molar-refractivity contribution in [2.75, 3.05) is 13.1 Å². The number of H-pyrrole nitrogens is 1. The van der Waals surface area contributed by atoms with Crippen LogP contribution >= 0.6 is 11.3 Å². The molecule has 2 aromatic heterocycles. The second kappa shape index (κ2) is 8.03. The molecule has 0 aromatic carbocycles. The Balaban J connectivity index is 1.37.